The highest BCUT2D eigenvalue weighted by atomic mass is 16.6. The van der Waals surface area contributed by atoms with Crippen LogP contribution in [0.4, 0.5) is 11.4 Å². The molecule has 0 aromatic heterocycles. The topological polar surface area (TPSA) is 92.5 Å². The molecule has 6 heteroatoms. The highest BCUT2D eigenvalue weighted by Crippen LogP contribution is 2.50. The van der Waals surface area contributed by atoms with E-state index < -0.39 is 16.8 Å². The first kappa shape index (κ1) is 13.9. The Morgan fingerprint density at radius 1 is 1.38 bits per heavy atom. The number of hydrogen-bond donors (Lipinski definition) is 2. The molecule has 0 saturated heterocycles. The maximum Gasteiger partial charge on any atom is 0.308 e. The summed E-state index contributed by atoms with van der Waals surface area (Å²) in [6.45, 7) is 1.87. The van der Waals surface area contributed by atoms with E-state index in [4.69, 9.17) is 0 Å². The second-order valence-electron chi connectivity index (χ2n) is 6.15. The Hall–Kier alpha value is -2.11. The summed E-state index contributed by atoms with van der Waals surface area (Å²) in [5.41, 5.74) is 1.36. The van der Waals surface area contributed by atoms with Gasteiger partial charge in [0.25, 0.3) is 5.69 Å². The zero-order valence-corrected chi connectivity index (χ0v) is 11.8. The number of carbonyl (C=O) groups is 1. The Balaban J connectivity index is 1.91. The Labute approximate surface area is 122 Å². The molecule has 0 spiro atoms. The average molecular weight is 290 g/mol. The SMILES string of the molecule is Cc1ccc([N+](=O)[O-])c(NC2C3CCC(C3)C2C(=O)O)c1. The average Bonchev–Trinajstić information content (AvgIpc) is 2.98. The monoisotopic (exact) mass is 290 g/mol. The second-order valence-corrected chi connectivity index (χ2v) is 6.15. The molecule has 2 aliphatic rings. The Morgan fingerprint density at radius 2 is 2.10 bits per heavy atom. The van der Waals surface area contributed by atoms with Crippen molar-refractivity contribution < 1.29 is 14.8 Å². The number of nitro groups is 1. The van der Waals surface area contributed by atoms with Crippen LogP contribution in [0.15, 0.2) is 18.2 Å². The first-order chi connectivity index (χ1) is 9.97. The van der Waals surface area contributed by atoms with Gasteiger partial charge in [-0.15, -0.1) is 0 Å². The van der Waals surface area contributed by atoms with Gasteiger partial charge in [-0.2, -0.15) is 0 Å². The largest absolute Gasteiger partial charge is 0.481 e. The van der Waals surface area contributed by atoms with Crippen LogP contribution in [0.3, 0.4) is 0 Å². The number of nitrogens with one attached hydrogen (secondary N) is 1. The summed E-state index contributed by atoms with van der Waals surface area (Å²) in [6, 6.07) is 4.68. The molecule has 3 rings (SSSR count). The molecule has 1 aromatic carbocycles. The Kier molecular flexibility index (Phi) is 3.31. The van der Waals surface area contributed by atoms with Gasteiger partial charge in [-0.05, 0) is 49.7 Å². The summed E-state index contributed by atoms with van der Waals surface area (Å²) in [7, 11) is 0. The van der Waals surface area contributed by atoms with E-state index in [0.717, 1.165) is 24.8 Å². The number of aliphatic carboxylic acids is 1. The number of benzene rings is 1. The van der Waals surface area contributed by atoms with Gasteiger partial charge in [-0.1, -0.05) is 6.07 Å². The fourth-order valence-corrected chi connectivity index (χ4v) is 3.96. The summed E-state index contributed by atoms with van der Waals surface area (Å²) in [5, 5.41) is 23.7. The number of anilines is 1. The molecule has 4 unspecified atom stereocenters. The van der Waals surface area contributed by atoms with Crippen LogP contribution in [-0.4, -0.2) is 22.0 Å². The van der Waals surface area contributed by atoms with Crippen LogP contribution in [0.1, 0.15) is 24.8 Å². The van der Waals surface area contributed by atoms with E-state index in [9.17, 15) is 20.0 Å². The summed E-state index contributed by atoms with van der Waals surface area (Å²) < 4.78 is 0. The molecule has 0 aliphatic heterocycles. The zero-order chi connectivity index (χ0) is 15.1. The van der Waals surface area contributed by atoms with Crippen molar-refractivity contribution >= 4 is 17.3 Å². The maximum atomic E-state index is 11.5. The number of aryl methyl sites for hydroxylation is 1. The minimum absolute atomic E-state index is 0.00696. The third-order valence-electron chi connectivity index (χ3n) is 4.87. The number of hydrogen-bond acceptors (Lipinski definition) is 4. The molecule has 2 bridgehead atoms. The minimum atomic E-state index is -0.796. The number of fused-ring (bicyclic) bond motifs is 2. The molecule has 1 aromatic rings. The van der Waals surface area contributed by atoms with Gasteiger partial charge in [0.2, 0.25) is 0 Å². The molecule has 2 saturated carbocycles. The summed E-state index contributed by atoms with van der Waals surface area (Å²) in [5.74, 6) is -0.732. The van der Waals surface area contributed by atoms with Crippen molar-refractivity contribution in [2.45, 2.75) is 32.2 Å². The van der Waals surface area contributed by atoms with Gasteiger partial charge in [0.15, 0.2) is 0 Å². The minimum Gasteiger partial charge on any atom is -0.481 e. The molecule has 4 atom stereocenters. The molecule has 2 fully saturated rings. The zero-order valence-electron chi connectivity index (χ0n) is 11.8. The number of nitro benzene ring substituents is 1. The predicted octanol–water partition coefficient (Wildman–Crippen LogP) is 2.81. The van der Waals surface area contributed by atoms with Crippen LogP contribution in [0.2, 0.25) is 0 Å². The smallest absolute Gasteiger partial charge is 0.308 e. The van der Waals surface area contributed by atoms with Gasteiger partial charge in [-0.25, -0.2) is 0 Å². The molecule has 0 radical (unpaired) electrons. The number of carboxylic acids is 1. The van der Waals surface area contributed by atoms with Crippen molar-refractivity contribution in [3.63, 3.8) is 0 Å². The lowest BCUT2D eigenvalue weighted by Crippen LogP contribution is -2.39. The van der Waals surface area contributed by atoms with Crippen LogP contribution in [-0.2, 0) is 4.79 Å². The van der Waals surface area contributed by atoms with E-state index in [1.54, 1.807) is 12.1 Å². The van der Waals surface area contributed by atoms with E-state index in [2.05, 4.69) is 5.32 Å². The first-order valence-electron chi connectivity index (χ1n) is 7.21. The molecule has 2 N–H and O–H groups in total. The Morgan fingerprint density at radius 3 is 2.76 bits per heavy atom. The highest BCUT2D eigenvalue weighted by Gasteiger charge is 2.51. The van der Waals surface area contributed by atoms with Gasteiger partial charge in [-0.3, -0.25) is 14.9 Å². The van der Waals surface area contributed by atoms with Gasteiger partial charge in [0, 0.05) is 12.1 Å². The predicted molar refractivity (Wildman–Crippen MR) is 77.2 cm³/mol. The van der Waals surface area contributed by atoms with Crippen molar-refractivity contribution in [3.8, 4) is 0 Å². The molecule has 0 amide bonds. The van der Waals surface area contributed by atoms with Crippen molar-refractivity contribution in [1.82, 2.24) is 0 Å². The van der Waals surface area contributed by atoms with Crippen LogP contribution < -0.4 is 5.32 Å². The fraction of sp³-hybridized carbons (Fsp3) is 0.533. The molecule has 21 heavy (non-hydrogen) atoms. The molecule has 112 valence electrons. The molecule has 0 heterocycles. The third-order valence-corrected chi connectivity index (χ3v) is 4.87. The maximum absolute atomic E-state index is 11.5. The number of rotatable bonds is 4. The second kappa shape index (κ2) is 5.02. The lowest BCUT2D eigenvalue weighted by atomic mass is 9.84. The normalized spacial score (nSPS) is 30.3. The molecular formula is C15H18N2O4. The van der Waals surface area contributed by atoms with E-state index in [1.807, 2.05) is 6.92 Å². The first-order valence-corrected chi connectivity index (χ1v) is 7.21. The van der Waals surface area contributed by atoms with E-state index in [-0.39, 0.29) is 17.6 Å². The lowest BCUT2D eigenvalue weighted by molar-refractivity contribution is -0.384. The standard InChI is InChI=1S/C15H18N2O4/c1-8-2-5-12(17(20)21)11(6-8)16-14-10-4-3-9(7-10)13(14)15(18)19/h2,5-6,9-10,13-14,16H,3-4,7H2,1H3,(H,18,19). The molecule has 6 nitrogen and oxygen atoms in total. The van der Waals surface area contributed by atoms with Crippen LogP contribution in [0.25, 0.3) is 0 Å². The summed E-state index contributed by atoms with van der Waals surface area (Å²) >= 11 is 0. The van der Waals surface area contributed by atoms with E-state index in [1.165, 1.54) is 6.07 Å². The number of nitrogens with zero attached hydrogens (tertiary/aromatic N) is 1. The highest BCUT2D eigenvalue weighted by molar-refractivity contribution is 5.74. The van der Waals surface area contributed by atoms with Crippen molar-refractivity contribution in [2.75, 3.05) is 5.32 Å². The van der Waals surface area contributed by atoms with Gasteiger partial charge in [0.1, 0.15) is 5.69 Å². The Bertz CT molecular complexity index is 601. The lowest BCUT2D eigenvalue weighted by Gasteiger charge is -2.29. The van der Waals surface area contributed by atoms with Crippen LogP contribution >= 0.6 is 0 Å². The van der Waals surface area contributed by atoms with Crippen LogP contribution in [0.5, 0.6) is 0 Å². The van der Waals surface area contributed by atoms with Gasteiger partial charge >= 0.3 is 5.97 Å². The van der Waals surface area contributed by atoms with Gasteiger partial charge < -0.3 is 10.4 Å². The summed E-state index contributed by atoms with van der Waals surface area (Å²) in [4.78, 5) is 22.2. The van der Waals surface area contributed by atoms with Crippen molar-refractivity contribution in [3.05, 3.63) is 33.9 Å². The molecular weight excluding hydrogens is 272 g/mol. The van der Waals surface area contributed by atoms with Crippen LogP contribution in [0, 0.1) is 34.8 Å². The van der Waals surface area contributed by atoms with Crippen molar-refractivity contribution in [1.29, 1.82) is 0 Å². The fourth-order valence-electron chi connectivity index (χ4n) is 3.96. The molecule has 2 aliphatic carbocycles. The van der Waals surface area contributed by atoms with E-state index >= 15 is 0 Å². The van der Waals surface area contributed by atoms with E-state index in [0.29, 0.717) is 11.6 Å². The quantitative estimate of drug-likeness (QED) is 0.657. The third kappa shape index (κ3) is 2.34. The number of carboxylic acid groups (broad SMARTS) is 1. The summed E-state index contributed by atoms with van der Waals surface area (Å²) in [6.07, 6.45) is 2.87. The van der Waals surface area contributed by atoms with Gasteiger partial charge in [0.05, 0.1) is 10.8 Å². The van der Waals surface area contributed by atoms with Crippen molar-refractivity contribution in [2.24, 2.45) is 17.8 Å².